The Hall–Kier alpha value is -0.0300. The van der Waals surface area contributed by atoms with E-state index in [-0.39, 0.29) is 29.6 Å². The third-order valence-electron chi connectivity index (χ3n) is 3.15. The van der Waals surface area contributed by atoms with E-state index in [4.69, 9.17) is 4.74 Å². The molecular weight excluding hydrogens is 307 g/mol. The predicted octanol–water partition coefficient (Wildman–Crippen LogP) is -0.762. The van der Waals surface area contributed by atoms with Gasteiger partial charge >= 0.3 is 29.6 Å². The molecule has 0 bridgehead atoms. The second kappa shape index (κ2) is 6.94. The molecule has 0 amide bonds. The first-order chi connectivity index (χ1) is 8.08. The normalized spacial score (nSPS) is 16.3. The molecule has 0 radical (unpaired) electrons. The van der Waals surface area contributed by atoms with Crippen molar-refractivity contribution in [3.63, 3.8) is 0 Å². The van der Waals surface area contributed by atoms with Crippen LogP contribution in [0.25, 0.3) is 0 Å². The number of carbonyl (C=O) groups excluding carboxylic acids is 1. The van der Waals surface area contributed by atoms with E-state index in [2.05, 4.69) is 15.9 Å². The van der Waals surface area contributed by atoms with Crippen molar-refractivity contribution in [2.75, 3.05) is 0 Å². The van der Waals surface area contributed by atoms with E-state index in [9.17, 15) is 9.90 Å². The largest absolute Gasteiger partial charge is 1.00 e. The fourth-order valence-corrected chi connectivity index (χ4v) is 2.28. The summed E-state index contributed by atoms with van der Waals surface area (Å²) in [4.78, 5) is 10.7. The molecule has 0 heterocycles. The zero-order chi connectivity index (χ0) is 12.4. The molecule has 0 N–H and O–H groups in total. The zero-order valence-corrected chi connectivity index (χ0v) is 14.2. The van der Waals surface area contributed by atoms with Crippen molar-refractivity contribution >= 4 is 21.9 Å². The summed E-state index contributed by atoms with van der Waals surface area (Å²) in [7, 11) is 0. The molecule has 92 valence electrons. The first-order valence-electron chi connectivity index (χ1n) is 5.75. The predicted molar refractivity (Wildman–Crippen MR) is 65.8 cm³/mol. The SMILES string of the molecule is C[C@H](Oc1ccc(Br)cc1C1CCC1)C(=O)[O-].[Na+]. The molecule has 0 aliphatic heterocycles. The van der Waals surface area contributed by atoms with Gasteiger partial charge in [-0.3, -0.25) is 0 Å². The van der Waals surface area contributed by atoms with Crippen LogP contribution in [0.15, 0.2) is 22.7 Å². The molecule has 0 spiro atoms. The molecule has 3 nitrogen and oxygen atoms in total. The van der Waals surface area contributed by atoms with Gasteiger partial charge in [-0.2, -0.15) is 0 Å². The summed E-state index contributed by atoms with van der Waals surface area (Å²) in [5.74, 6) is -0.0291. The molecule has 0 aromatic heterocycles. The van der Waals surface area contributed by atoms with Crippen LogP contribution >= 0.6 is 15.9 Å². The Kier molecular flexibility index (Phi) is 6.18. The quantitative estimate of drug-likeness (QED) is 0.685. The van der Waals surface area contributed by atoms with E-state index in [1.807, 2.05) is 18.2 Å². The second-order valence-electron chi connectivity index (χ2n) is 4.39. The Morgan fingerprint density at radius 3 is 2.67 bits per heavy atom. The average Bonchev–Trinajstić information content (AvgIpc) is 2.19. The Labute approximate surface area is 137 Å². The summed E-state index contributed by atoms with van der Waals surface area (Å²) in [6.45, 7) is 1.49. The maximum atomic E-state index is 10.7. The Morgan fingerprint density at radius 2 is 2.17 bits per heavy atom. The van der Waals surface area contributed by atoms with Gasteiger partial charge in [0.2, 0.25) is 0 Å². The van der Waals surface area contributed by atoms with Crippen molar-refractivity contribution in [2.24, 2.45) is 0 Å². The molecule has 1 atom stereocenters. The van der Waals surface area contributed by atoms with Crippen LogP contribution in [0.1, 0.15) is 37.7 Å². The van der Waals surface area contributed by atoms with E-state index >= 15 is 0 Å². The summed E-state index contributed by atoms with van der Waals surface area (Å²) < 4.78 is 6.43. The number of carbonyl (C=O) groups is 1. The van der Waals surface area contributed by atoms with Crippen LogP contribution in [0, 0.1) is 0 Å². The molecule has 1 aromatic carbocycles. The van der Waals surface area contributed by atoms with Gasteiger partial charge in [-0.25, -0.2) is 0 Å². The summed E-state index contributed by atoms with van der Waals surface area (Å²) in [5.41, 5.74) is 1.10. The number of hydrogen-bond donors (Lipinski definition) is 0. The van der Waals surface area contributed by atoms with Crippen LogP contribution in [0.3, 0.4) is 0 Å². The van der Waals surface area contributed by atoms with Gasteiger partial charge in [0.25, 0.3) is 0 Å². The van der Waals surface area contributed by atoms with Crippen molar-refractivity contribution in [3.8, 4) is 5.75 Å². The molecule has 2 rings (SSSR count). The first-order valence-corrected chi connectivity index (χ1v) is 6.54. The number of aliphatic carboxylic acids is 1. The van der Waals surface area contributed by atoms with Crippen LogP contribution in [0.2, 0.25) is 0 Å². The van der Waals surface area contributed by atoms with Gasteiger partial charge in [-0.15, -0.1) is 0 Å². The van der Waals surface area contributed by atoms with Crippen molar-refractivity contribution in [3.05, 3.63) is 28.2 Å². The fraction of sp³-hybridized carbons (Fsp3) is 0.462. The van der Waals surface area contributed by atoms with Gasteiger partial charge < -0.3 is 14.6 Å². The number of carboxylic acids is 1. The molecule has 1 fully saturated rings. The van der Waals surface area contributed by atoms with Crippen molar-refractivity contribution in [1.82, 2.24) is 0 Å². The number of rotatable bonds is 4. The topological polar surface area (TPSA) is 49.4 Å². The van der Waals surface area contributed by atoms with Gasteiger partial charge in [-0.05, 0) is 49.4 Å². The Balaban J connectivity index is 0.00000162. The summed E-state index contributed by atoms with van der Waals surface area (Å²) in [6, 6.07) is 5.69. The average molecular weight is 321 g/mol. The van der Waals surface area contributed by atoms with E-state index < -0.39 is 12.1 Å². The van der Waals surface area contributed by atoms with Gasteiger partial charge in [0.15, 0.2) is 0 Å². The number of hydrogen-bond acceptors (Lipinski definition) is 3. The number of carboxylic acid groups (broad SMARTS) is 1. The summed E-state index contributed by atoms with van der Waals surface area (Å²) in [5, 5.41) is 10.7. The smallest absolute Gasteiger partial charge is 0.546 e. The van der Waals surface area contributed by atoms with Gasteiger partial charge in [-0.1, -0.05) is 22.4 Å². The summed E-state index contributed by atoms with van der Waals surface area (Å²) in [6.07, 6.45) is 2.60. The molecule has 5 heteroatoms. The van der Waals surface area contributed by atoms with Crippen molar-refractivity contribution in [2.45, 2.75) is 38.2 Å². The van der Waals surface area contributed by atoms with Gasteiger partial charge in [0, 0.05) is 4.47 Å². The minimum atomic E-state index is -1.19. The zero-order valence-electron chi connectivity index (χ0n) is 10.6. The number of benzene rings is 1. The van der Waals surface area contributed by atoms with E-state index in [1.165, 1.54) is 13.3 Å². The maximum Gasteiger partial charge on any atom is 1.00 e. The van der Waals surface area contributed by atoms with Crippen molar-refractivity contribution in [1.29, 1.82) is 0 Å². The van der Waals surface area contributed by atoms with Crippen LogP contribution in [0.5, 0.6) is 5.75 Å². The monoisotopic (exact) mass is 320 g/mol. The minimum absolute atomic E-state index is 0. The fourth-order valence-electron chi connectivity index (χ4n) is 1.90. The second-order valence-corrected chi connectivity index (χ2v) is 5.30. The van der Waals surface area contributed by atoms with Gasteiger partial charge in [0.1, 0.15) is 11.9 Å². The molecular formula is C13H14BrNaO3. The van der Waals surface area contributed by atoms with E-state index in [0.29, 0.717) is 11.7 Å². The van der Waals surface area contributed by atoms with Crippen LogP contribution < -0.4 is 39.4 Å². The molecule has 1 aromatic rings. The molecule has 0 unspecified atom stereocenters. The first kappa shape index (κ1) is 16.0. The number of halogens is 1. The van der Waals surface area contributed by atoms with E-state index in [1.54, 1.807) is 0 Å². The van der Waals surface area contributed by atoms with Crippen LogP contribution in [0.4, 0.5) is 0 Å². The maximum absolute atomic E-state index is 10.7. The molecule has 18 heavy (non-hydrogen) atoms. The Bertz CT molecular complexity index is 432. The molecule has 1 aliphatic rings. The third kappa shape index (κ3) is 3.73. The van der Waals surface area contributed by atoms with Crippen molar-refractivity contribution < 1.29 is 44.2 Å². The Morgan fingerprint density at radius 1 is 1.50 bits per heavy atom. The summed E-state index contributed by atoms with van der Waals surface area (Å²) >= 11 is 3.43. The molecule has 1 saturated carbocycles. The van der Waals surface area contributed by atoms with Gasteiger partial charge in [0.05, 0.1) is 5.97 Å². The minimum Gasteiger partial charge on any atom is -0.546 e. The standard InChI is InChI=1S/C13H15BrO3.Na/c1-8(13(15)16)17-12-6-5-10(14)7-11(12)9-3-2-4-9;/h5-9H,2-4H2,1H3,(H,15,16);/q;+1/p-1/t8-;/m0./s1. The third-order valence-corrected chi connectivity index (χ3v) is 3.65. The van der Waals surface area contributed by atoms with Crippen LogP contribution in [-0.2, 0) is 4.79 Å². The van der Waals surface area contributed by atoms with E-state index in [0.717, 1.165) is 22.9 Å². The molecule has 1 aliphatic carbocycles. The number of ether oxygens (including phenoxy) is 1. The van der Waals surface area contributed by atoms with Crippen LogP contribution in [-0.4, -0.2) is 12.1 Å². The molecule has 0 saturated heterocycles.